The number of hydrogen-bond acceptors (Lipinski definition) is 5. The van der Waals surface area contributed by atoms with Gasteiger partial charge in [0.15, 0.2) is 6.04 Å². The number of unbranched alkanes of at least 4 members (excludes halogenated alkanes) is 3. The van der Waals surface area contributed by atoms with Gasteiger partial charge in [0.05, 0.1) is 6.20 Å². The number of carboxylic acids is 1. The summed E-state index contributed by atoms with van der Waals surface area (Å²) in [6.45, 7) is 2.12. The van der Waals surface area contributed by atoms with Crippen molar-refractivity contribution in [3.05, 3.63) is 30.5 Å². The summed E-state index contributed by atoms with van der Waals surface area (Å²) in [5.41, 5.74) is 0. The van der Waals surface area contributed by atoms with Gasteiger partial charge in [-0.05, 0) is 6.42 Å². The summed E-state index contributed by atoms with van der Waals surface area (Å²) in [5, 5.41) is 26.8. The molecule has 0 spiro atoms. The van der Waals surface area contributed by atoms with Crippen molar-refractivity contribution >= 4 is 22.6 Å². The molecule has 0 aliphatic carbocycles. The molecular weight excluding hydrogens is 280 g/mol. The summed E-state index contributed by atoms with van der Waals surface area (Å²) in [5.74, 6) is -0.591. The highest BCUT2D eigenvalue weighted by atomic mass is 16.4. The predicted molar refractivity (Wildman–Crippen MR) is 84.2 cm³/mol. The van der Waals surface area contributed by atoms with E-state index in [0.717, 1.165) is 36.5 Å². The molecule has 6 heteroatoms. The number of azo groups is 1. The van der Waals surface area contributed by atoms with E-state index < -0.39 is 12.0 Å². The molecule has 0 aliphatic rings. The maximum Gasteiger partial charge on any atom is 0.330 e. The van der Waals surface area contributed by atoms with Gasteiger partial charge in [0.25, 0.3) is 0 Å². The lowest BCUT2D eigenvalue weighted by Crippen LogP contribution is -2.17. The molecule has 1 atom stereocenters. The number of hydrogen-bond donors (Lipinski definition) is 1. The van der Waals surface area contributed by atoms with Gasteiger partial charge in [0.2, 0.25) is 5.82 Å². The number of carbonyl (C=O) groups is 1. The molecule has 22 heavy (non-hydrogen) atoms. The van der Waals surface area contributed by atoms with Crippen LogP contribution in [0.1, 0.15) is 39.0 Å². The minimum absolute atomic E-state index is 0.359. The third kappa shape index (κ3) is 4.31. The number of aliphatic carboxylic acids is 1. The minimum Gasteiger partial charge on any atom is -0.480 e. The highest BCUT2D eigenvalue weighted by Crippen LogP contribution is 2.22. The molecule has 1 N–H and O–H groups in total. The Morgan fingerprint density at radius 3 is 2.86 bits per heavy atom. The van der Waals surface area contributed by atoms with Crippen molar-refractivity contribution in [3.8, 4) is 0 Å². The van der Waals surface area contributed by atoms with Crippen LogP contribution in [0.4, 0.5) is 5.82 Å². The Hall–Kier alpha value is -2.37. The Balaban J connectivity index is 2.11. The minimum atomic E-state index is -0.951. The first-order chi connectivity index (χ1) is 10.7. The second kappa shape index (κ2) is 8.17. The monoisotopic (exact) mass is 300 g/mol. The molecule has 1 unspecified atom stereocenters. The molecular formula is C16H20N4O2. The molecule has 0 amide bonds. The topological polar surface area (TPSA) is 87.8 Å². The van der Waals surface area contributed by atoms with E-state index in [0.29, 0.717) is 12.2 Å². The zero-order valence-corrected chi connectivity index (χ0v) is 12.6. The lowest BCUT2D eigenvalue weighted by atomic mass is 10.1. The van der Waals surface area contributed by atoms with Crippen LogP contribution in [0.2, 0.25) is 0 Å². The average molecular weight is 300 g/mol. The lowest BCUT2D eigenvalue weighted by molar-refractivity contribution is -0.138. The van der Waals surface area contributed by atoms with E-state index in [1.54, 1.807) is 6.20 Å². The number of nitrogens with zero attached hydrogens (tertiary/aromatic N) is 4. The third-order valence-electron chi connectivity index (χ3n) is 3.46. The zero-order chi connectivity index (χ0) is 15.8. The van der Waals surface area contributed by atoms with Crippen LogP contribution in [0.25, 0.3) is 10.8 Å². The summed E-state index contributed by atoms with van der Waals surface area (Å²) in [6, 6.07) is 6.73. The first-order valence-electron chi connectivity index (χ1n) is 7.56. The van der Waals surface area contributed by atoms with Gasteiger partial charge in [-0.3, -0.25) is 0 Å². The Morgan fingerprint density at radius 1 is 1.27 bits per heavy atom. The van der Waals surface area contributed by atoms with Crippen molar-refractivity contribution in [1.29, 1.82) is 0 Å². The molecule has 0 radical (unpaired) electrons. The van der Waals surface area contributed by atoms with Gasteiger partial charge in [-0.25, -0.2) is 4.79 Å². The lowest BCUT2D eigenvalue weighted by Gasteiger charge is -2.05. The Labute approximate surface area is 129 Å². The summed E-state index contributed by atoms with van der Waals surface area (Å²) in [7, 11) is 0. The van der Waals surface area contributed by atoms with Crippen LogP contribution in [-0.4, -0.2) is 27.3 Å². The maximum atomic E-state index is 11.3. The van der Waals surface area contributed by atoms with E-state index in [4.69, 9.17) is 0 Å². The highest BCUT2D eigenvalue weighted by Gasteiger charge is 2.16. The maximum absolute atomic E-state index is 11.3. The third-order valence-corrected chi connectivity index (χ3v) is 3.46. The number of aromatic nitrogens is 2. The molecule has 0 saturated carbocycles. The molecule has 0 bridgehead atoms. The van der Waals surface area contributed by atoms with Gasteiger partial charge in [0.1, 0.15) is 0 Å². The van der Waals surface area contributed by atoms with Crippen LogP contribution in [0, 0.1) is 0 Å². The molecule has 2 aromatic rings. The molecule has 0 fully saturated rings. The molecule has 0 aliphatic heterocycles. The first kappa shape index (κ1) is 16.0. The normalized spacial score (nSPS) is 12.8. The van der Waals surface area contributed by atoms with E-state index in [-0.39, 0.29) is 0 Å². The fraction of sp³-hybridized carbons (Fsp3) is 0.438. The van der Waals surface area contributed by atoms with Crippen LogP contribution < -0.4 is 0 Å². The van der Waals surface area contributed by atoms with E-state index in [9.17, 15) is 9.90 Å². The van der Waals surface area contributed by atoms with Crippen molar-refractivity contribution in [3.63, 3.8) is 0 Å². The summed E-state index contributed by atoms with van der Waals surface area (Å²) >= 11 is 0. The number of benzene rings is 1. The molecule has 6 nitrogen and oxygen atoms in total. The van der Waals surface area contributed by atoms with Crippen LogP contribution in [0.3, 0.4) is 0 Å². The average Bonchev–Trinajstić information content (AvgIpc) is 2.54. The van der Waals surface area contributed by atoms with Gasteiger partial charge >= 0.3 is 5.97 Å². The van der Waals surface area contributed by atoms with Crippen molar-refractivity contribution in [2.24, 2.45) is 10.2 Å². The number of fused-ring (bicyclic) bond motifs is 1. The standard InChI is InChI=1S/C16H20N4O2/c1-2-3-4-5-10-14(16(21)22)18-20-15-13-9-7-6-8-12(13)11-17-19-15/h6-9,11,14H,2-5,10H2,1H3,(H,21,22). The van der Waals surface area contributed by atoms with Gasteiger partial charge in [-0.2, -0.15) is 10.2 Å². The molecule has 1 aromatic carbocycles. The second-order valence-corrected chi connectivity index (χ2v) is 5.17. The summed E-state index contributed by atoms with van der Waals surface area (Å²) < 4.78 is 0. The number of carboxylic acid groups (broad SMARTS) is 1. The van der Waals surface area contributed by atoms with Crippen molar-refractivity contribution < 1.29 is 9.90 Å². The molecule has 0 saturated heterocycles. The van der Waals surface area contributed by atoms with Gasteiger partial charge in [-0.15, -0.1) is 10.2 Å². The quantitative estimate of drug-likeness (QED) is 0.586. The first-order valence-corrected chi connectivity index (χ1v) is 7.56. The molecule has 1 aromatic heterocycles. The Kier molecular flexibility index (Phi) is 5.94. The number of rotatable bonds is 8. The van der Waals surface area contributed by atoms with Crippen LogP contribution >= 0.6 is 0 Å². The zero-order valence-electron chi connectivity index (χ0n) is 12.6. The Morgan fingerprint density at radius 2 is 2.09 bits per heavy atom. The molecule has 1 heterocycles. The van der Waals surface area contributed by atoms with Crippen LogP contribution in [-0.2, 0) is 4.79 Å². The highest BCUT2D eigenvalue weighted by molar-refractivity contribution is 5.89. The van der Waals surface area contributed by atoms with Crippen molar-refractivity contribution in [1.82, 2.24) is 10.2 Å². The van der Waals surface area contributed by atoms with Crippen LogP contribution in [0.15, 0.2) is 40.7 Å². The van der Waals surface area contributed by atoms with Crippen LogP contribution in [0.5, 0.6) is 0 Å². The van der Waals surface area contributed by atoms with Crippen molar-refractivity contribution in [2.75, 3.05) is 0 Å². The van der Waals surface area contributed by atoms with Gasteiger partial charge in [-0.1, -0.05) is 56.9 Å². The van der Waals surface area contributed by atoms with E-state index in [2.05, 4.69) is 27.3 Å². The summed E-state index contributed by atoms with van der Waals surface area (Å²) in [6.07, 6.45) is 6.23. The predicted octanol–water partition coefficient (Wildman–Crippen LogP) is 4.14. The second-order valence-electron chi connectivity index (χ2n) is 5.17. The fourth-order valence-corrected chi connectivity index (χ4v) is 2.21. The van der Waals surface area contributed by atoms with E-state index >= 15 is 0 Å². The fourth-order valence-electron chi connectivity index (χ4n) is 2.21. The molecule has 2 rings (SSSR count). The van der Waals surface area contributed by atoms with E-state index in [1.807, 2.05) is 24.3 Å². The SMILES string of the molecule is CCCCCCC(N=Nc1nncc2ccccc12)C(=O)O. The van der Waals surface area contributed by atoms with Gasteiger partial charge in [0, 0.05) is 10.8 Å². The smallest absolute Gasteiger partial charge is 0.330 e. The van der Waals surface area contributed by atoms with Gasteiger partial charge < -0.3 is 5.11 Å². The molecule has 116 valence electrons. The summed E-state index contributed by atoms with van der Waals surface area (Å²) in [4.78, 5) is 11.3. The van der Waals surface area contributed by atoms with E-state index in [1.165, 1.54) is 0 Å². The largest absolute Gasteiger partial charge is 0.480 e. The Bertz CT molecular complexity index is 652. The van der Waals surface area contributed by atoms with Crippen molar-refractivity contribution in [2.45, 2.75) is 45.1 Å².